The molecule has 21 heteroatoms. The maximum Gasteiger partial charge on any atom is 0.490 e. The second kappa shape index (κ2) is 18.4. The van der Waals surface area contributed by atoms with Crippen molar-refractivity contribution in [1.82, 2.24) is 24.4 Å². The number of imidazole rings is 1. The molecule has 0 fully saturated rings. The molecular formula is C26H26F9N5O7. The van der Waals surface area contributed by atoms with E-state index in [1.54, 1.807) is 12.4 Å². The molecule has 1 unspecified atom stereocenters. The Labute approximate surface area is 259 Å². The molecular weight excluding hydrogens is 665 g/mol. The van der Waals surface area contributed by atoms with Crippen LogP contribution in [0.2, 0.25) is 0 Å². The molecule has 0 saturated carbocycles. The first-order chi connectivity index (χ1) is 21.7. The van der Waals surface area contributed by atoms with Crippen LogP contribution in [0.15, 0.2) is 61.6 Å². The van der Waals surface area contributed by atoms with Gasteiger partial charge in [0.05, 0.1) is 25.2 Å². The Hall–Kier alpha value is -4.79. The van der Waals surface area contributed by atoms with E-state index in [4.69, 9.17) is 34.4 Å². The van der Waals surface area contributed by atoms with Gasteiger partial charge < -0.3 is 24.6 Å². The summed E-state index contributed by atoms with van der Waals surface area (Å²) < 4.78 is 103. The molecule has 0 amide bonds. The second-order valence-electron chi connectivity index (χ2n) is 9.21. The van der Waals surface area contributed by atoms with Crippen molar-refractivity contribution in [3.05, 3.63) is 78.4 Å². The number of aromatic nitrogens is 4. The molecule has 4 rings (SSSR count). The molecule has 1 atom stereocenters. The Morgan fingerprint density at radius 2 is 1.15 bits per heavy atom. The summed E-state index contributed by atoms with van der Waals surface area (Å²) in [5, 5.41) is 21.4. The molecule has 4 heterocycles. The standard InChI is InChI=1S/C20H23N5O.3C2HF3O2/c1-5-21-6-2-17(1)10-24-11-19(12-25-16-23-9-20(25)13-24)15-26-14-18-3-7-22-8-4-18;3*3-2(4,5)1(6)7/h1-9,16,19H,10-15H2;3*(H,6,7). The third-order valence-corrected chi connectivity index (χ3v) is 5.41. The van der Waals surface area contributed by atoms with E-state index in [0.29, 0.717) is 12.5 Å². The van der Waals surface area contributed by atoms with Gasteiger partial charge in [0.2, 0.25) is 0 Å². The Morgan fingerprint density at radius 3 is 1.57 bits per heavy atom. The van der Waals surface area contributed by atoms with Crippen LogP contribution in [0.1, 0.15) is 16.8 Å². The van der Waals surface area contributed by atoms with E-state index >= 15 is 0 Å². The summed E-state index contributed by atoms with van der Waals surface area (Å²) in [6.45, 7) is 5.11. The topological polar surface area (TPSA) is 168 Å². The molecule has 0 saturated heterocycles. The number of alkyl halides is 9. The molecule has 47 heavy (non-hydrogen) atoms. The Kier molecular flexibility index (Phi) is 15.7. The number of carbonyl (C=O) groups is 3. The number of fused-ring (bicyclic) bond motifs is 1. The van der Waals surface area contributed by atoms with Gasteiger partial charge in [0, 0.05) is 63.1 Å². The van der Waals surface area contributed by atoms with Gasteiger partial charge in [0.1, 0.15) is 0 Å². The van der Waals surface area contributed by atoms with Crippen LogP contribution in [0.5, 0.6) is 0 Å². The zero-order valence-electron chi connectivity index (χ0n) is 23.7. The van der Waals surface area contributed by atoms with Crippen LogP contribution >= 0.6 is 0 Å². The fourth-order valence-electron chi connectivity index (χ4n) is 3.43. The molecule has 12 nitrogen and oxygen atoms in total. The highest BCUT2D eigenvalue weighted by atomic mass is 19.4. The lowest BCUT2D eigenvalue weighted by Crippen LogP contribution is -2.30. The number of nitrogens with zero attached hydrogens (tertiary/aromatic N) is 5. The van der Waals surface area contributed by atoms with Crippen molar-refractivity contribution in [3.63, 3.8) is 0 Å². The van der Waals surface area contributed by atoms with Crippen molar-refractivity contribution >= 4 is 17.9 Å². The summed E-state index contributed by atoms with van der Waals surface area (Å²) in [6.07, 6.45) is -4.03. The highest BCUT2D eigenvalue weighted by Crippen LogP contribution is 2.19. The highest BCUT2D eigenvalue weighted by Gasteiger charge is 2.39. The molecule has 260 valence electrons. The van der Waals surface area contributed by atoms with Crippen molar-refractivity contribution in [2.24, 2.45) is 5.92 Å². The van der Waals surface area contributed by atoms with Gasteiger partial charge in [0.25, 0.3) is 0 Å². The van der Waals surface area contributed by atoms with Gasteiger partial charge in [-0.2, -0.15) is 39.5 Å². The molecule has 0 aliphatic carbocycles. The molecule has 1 aliphatic rings. The van der Waals surface area contributed by atoms with Crippen molar-refractivity contribution in [2.45, 2.75) is 44.8 Å². The van der Waals surface area contributed by atoms with Gasteiger partial charge >= 0.3 is 36.4 Å². The first kappa shape index (κ1) is 40.2. The van der Waals surface area contributed by atoms with Crippen LogP contribution in [0.25, 0.3) is 0 Å². The summed E-state index contributed by atoms with van der Waals surface area (Å²) in [4.78, 5) is 41.6. The lowest BCUT2D eigenvalue weighted by molar-refractivity contribution is -0.193. The molecule has 3 aromatic heterocycles. The van der Waals surface area contributed by atoms with E-state index in [9.17, 15) is 39.5 Å². The number of pyridine rings is 2. The van der Waals surface area contributed by atoms with Gasteiger partial charge in [-0.15, -0.1) is 0 Å². The lowest BCUT2D eigenvalue weighted by Gasteiger charge is -2.24. The summed E-state index contributed by atoms with van der Waals surface area (Å²) in [6, 6.07) is 8.15. The maximum absolute atomic E-state index is 10.6. The summed E-state index contributed by atoms with van der Waals surface area (Å²) in [7, 11) is 0. The zero-order valence-corrected chi connectivity index (χ0v) is 23.7. The second-order valence-corrected chi connectivity index (χ2v) is 9.21. The number of rotatable bonds is 6. The molecule has 3 aromatic rings. The number of halogens is 9. The monoisotopic (exact) mass is 691 g/mol. The third kappa shape index (κ3) is 16.9. The smallest absolute Gasteiger partial charge is 0.475 e. The summed E-state index contributed by atoms with van der Waals surface area (Å²) in [5.41, 5.74) is 3.70. The average molecular weight is 692 g/mol. The van der Waals surface area contributed by atoms with E-state index in [1.807, 2.05) is 37.1 Å². The minimum absolute atomic E-state index is 0.425. The normalized spacial score (nSPS) is 14.8. The number of hydrogen-bond donors (Lipinski definition) is 3. The number of ether oxygens (including phenoxy) is 1. The van der Waals surface area contributed by atoms with Gasteiger partial charge in [-0.3, -0.25) is 14.9 Å². The third-order valence-electron chi connectivity index (χ3n) is 5.41. The van der Waals surface area contributed by atoms with Gasteiger partial charge in [-0.05, 0) is 35.4 Å². The molecule has 0 spiro atoms. The molecule has 0 radical (unpaired) electrons. The van der Waals surface area contributed by atoms with Crippen LogP contribution in [0.4, 0.5) is 39.5 Å². The summed E-state index contributed by atoms with van der Waals surface area (Å²) >= 11 is 0. The van der Waals surface area contributed by atoms with E-state index in [2.05, 4.69) is 36.6 Å². The molecule has 1 aliphatic heterocycles. The Bertz CT molecular complexity index is 1330. The highest BCUT2D eigenvalue weighted by molar-refractivity contribution is 5.73. The Balaban J connectivity index is 0.000000430. The van der Waals surface area contributed by atoms with Crippen molar-refractivity contribution < 1.29 is 74.0 Å². The molecule has 0 aromatic carbocycles. The first-order valence-electron chi connectivity index (χ1n) is 12.7. The minimum Gasteiger partial charge on any atom is -0.475 e. The SMILES string of the molecule is O=C(O)C(F)(F)F.O=C(O)C(F)(F)F.O=C(O)C(F)(F)F.c1cc(COCC2CN(Cc3ccncc3)Cc3cncn3C2)ccn1. The number of carboxylic acids is 3. The largest absolute Gasteiger partial charge is 0.490 e. The van der Waals surface area contributed by atoms with E-state index in [0.717, 1.165) is 38.3 Å². The van der Waals surface area contributed by atoms with Crippen LogP contribution < -0.4 is 0 Å². The lowest BCUT2D eigenvalue weighted by atomic mass is 10.1. The number of aliphatic carboxylic acids is 3. The fraction of sp³-hybridized carbons (Fsp3) is 0.385. The van der Waals surface area contributed by atoms with Gasteiger partial charge in [-0.1, -0.05) is 0 Å². The predicted octanol–water partition coefficient (Wildman–Crippen LogP) is 4.42. The minimum atomic E-state index is -5.08. The molecule has 3 N–H and O–H groups in total. The van der Waals surface area contributed by atoms with Crippen molar-refractivity contribution in [2.75, 3.05) is 13.2 Å². The number of carboxylic acid groups (broad SMARTS) is 3. The van der Waals surface area contributed by atoms with Crippen molar-refractivity contribution in [1.29, 1.82) is 0 Å². The maximum atomic E-state index is 10.6. The van der Waals surface area contributed by atoms with Crippen LogP contribution in [0, 0.1) is 5.92 Å². The van der Waals surface area contributed by atoms with Gasteiger partial charge in [0.15, 0.2) is 0 Å². The Morgan fingerprint density at radius 1 is 0.723 bits per heavy atom. The summed E-state index contributed by atoms with van der Waals surface area (Å²) in [5.74, 6) is -7.85. The van der Waals surface area contributed by atoms with Crippen molar-refractivity contribution in [3.8, 4) is 0 Å². The van der Waals surface area contributed by atoms with Crippen LogP contribution in [-0.4, -0.2) is 89.3 Å². The van der Waals surface area contributed by atoms with Crippen LogP contribution in [-0.2, 0) is 45.4 Å². The van der Waals surface area contributed by atoms with E-state index in [1.165, 1.54) is 11.3 Å². The quantitative estimate of drug-likeness (QED) is 0.313. The average Bonchev–Trinajstić information content (AvgIpc) is 3.32. The van der Waals surface area contributed by atoms with Crippen LogP contribution in [0.3, 0.4) is 0 Å². The van der Waals surface area contributed by atoms with E-state index < -0.39 is 36.4 Å². The molecule has 0 bridgehead atoms. The fourth-order valence-corrected chi connectivity index (χ4v) is 3.43. The predicted molar refractivity (Wildman–Crippen MR) is 139 cm³/mol. The van der Waals surface area contributed by atoms with E-state index in [-0.39, 0.29) is 0 Å². The zero-order chi connectivity index (χ0) is 35.8. The first-order valence-corrected chi connectivity index (χ1v) is 12.7. The van der Waals surface area contributed by atoms with Gasteiger partial charge in [-0.25, -0.2) is 19.4 Å². The number of hydrogen-bond acceptors (Lipinski definition) is 8.